The Hall–Kier alpha value is -2.08. The van der Waals surface area contributed by atoms with Gasteiger partial charge in [-0.3, -0.25) is 0 Å². The molecule has 0 aliphatic heterocycles. The quantitative estimate of drug-likeness (QED) is 0.742. The van der Waals surface area contributed by atoms with Gasteiger partial charge in [-0.25, -0.2) is 4.98 Å². The Balaban J connectivity index is 1.74. The molecule has 0 fully saturated rings. The summed E-state index contributed by atoms with van der Waals surface area (Å²) < 4.78 is 5.17. The van der Waals surface area contributed by atoms with Gasteiger partial charge in [0.2, 0.25) is 5.89 Å². The Morgan fingerprint density at radius 1 is 1.25 bits per heavy atom. The largest absolute Gasteiger partial charge is 0.338 e. The van der Waals surface area contributed by atoms with Gasteiger partial charge in [-0.15, -0.1) is 0 Å². The van der Waals surface area contributed by atoms with Crippen LogP contribution in [0.3, 0.4) is 0 Å². The standard InChI is InChI=1S/C14H14N4OS/c1-9(13-16-10(2)18-19-13)20-14-15-8-12(17-14)11-6-4-3-5-7-11/h3-9H,1-2H3,(H,15,17). The Kier molecular flexibility index (Phi) is 3.56. The number of hydrogen-bond donors (Lipinski definition) is 1. The van der Waals surface area contributed by atoms with E-state index in [4.69, 9.17) is 4.52 Å². The van der Waals surface area contributed by atoms with Crippen molar-refractivity contribution in [2.24, 2.45) is 0 Å². The number of nitrogens with zero attached hydrogens (tertiary/aromatic N) is 3. The summed E-state index contributed by atoms with van der Waals surface area (Å²) in [4.78, 5) is 11.9. The van der Waals surface area contributed by atoms with Gasteiger partial charge in [0, 0.05) is 0 Å². The second-order valence-corrected chi connectivity index (χ2v) is 5.74. The molecule has 5 nitrogen and oxygen atoms in total. The Labute approximate surface area is 120 Å². The fourth-order valence-electron chi connectivity index (χ4n) is 1.82. The highest BCUT2D eigenvalue weighted by Crippen LogP contribution is 2.33. The first-order valence-corrected chi connectivity index (χ1v) is 7.17. The smallest absolute Gasteiger partial charge is 0.239 e. The van der Waals surface area contributed by atoms with Crippen LogP contribution in [0.4, 0.5) is 0 Å². The lowest BCUT2D eigenvalue weighted by Crippen LogP contribution is -1.89. The third-order valence-electron chi connectivity index (χ3n) is 2.82. The molecule has 3 aromatic rings. The van der Waals surface area contributed by atoms with E-state index in [2.05, 4.69) is 20.1 Å². The van der Waals surface area contributed by atoms with Gasteiger partial charge in [-0.2, -0.15) is 4.98 Å². The van der Waals surface area contributed by atoms with Gasteiger partial charge in [-0.05, 0) is 19.4 Å². The van der Waals surface area contributed by atoms with Crippen LogP contribution in [0.1, 0.15) is 23.9 Å². The molecule has 0 saturated heterocycles. The molecule has 0 aliphatic carbocycles. The maximum Gasteiger partial charge on any atom is 0.239 e. The minimum atomic E-state index is 0.0611. The zero-order chi connectivity index (χ0) is 13.9. The fourth-order valence-corrected chi connectivity index (χ4v) is 2.64. The van der Waals surface area contributed by atoms with Crippen molar-refractivity contribution in [1.29, 1.82) is 0 Å². The van der Waals surface area contributed by atoms with Crippen molar-refractivity contribution in [1.82, 2.24) is 20.1 Å². The van der Waals surface area contributed by atoms with Crippen molar-refractivity contribution < 1.29 is 4.52 Å². The Morgan fingerprint density at radius 2 is 2.05 bits per heavy atom. The summed E-state index contributed by atoms with van der Waals surface area (Å²) in [6.45, 7) is 3.83. The molecule has 3 rings (SSSR count). The maximum atomic E-state index is 5.17. The summed E-state index contributed by atoms with van der Waals surface area (Å²) in [6.07, 6.45) is 1.84. The van der Waals surface area contributed by atoms with E-state index in [1.165, 1.54) is 0 Å². The number of aryl methyl sites for hydroxylation is 1. The molecule has 6 heteroatoms. The number of imidazole rings is 1. The van der Waals surface area contributed by atoms with Crippen molar-refractivity contribution in [3.63, 3.8) is 0 Å². The molecule has 2 heterocycles. The number of benzene rings is 1. The number of aromatic nitrogens is 4. The Bertz CT molecular complexity index is 692. The van der Waals surface area contributed by atoms with Crippen LogP contribution < -0.4 is 0 Å². The van der Waals surface area contributed by atoms with Crippen LogP contribution in [0.25, 0.3) is 11.3 Å². The lowest BCUT2D eigenvalue weighted by atomic mass is 10.2. The summed E-state index contributed by atoms with van der Waals surface area (Å²) in [5, 5.41) is 4.70. The maximum absolute atomic E-state index is 5.17. The normalized spacial score (nSPS) is 12.5. The molecule has 0 amide bonds. The highest BCUT2D eigenvalue weighted by Gasteiger charge is 2.16. The highest BCUT2D eigenvalue weighted by molar-refractivity contribution is 7.99. The van der Waals surface area contributed by atoms with E-state index in [9.17, 15) is 0 Å². The molecule has 0 bridgehead atoms. The average molecular weight is 286 g/mol. The van der Waals surface area contributed by atoms with Gasteiger partial charge in [0.15, 0.2) is 11.0 Å². The second-order valence-electron chi connectivity index (χ2n) is 4.41. The van der Waals surface area contributed by atoms with Crippen molar-refractivity contribution in [2.75, 3.05) is 0 Å². The van der Waals surface area contributed by atoms with Crippen LogP contribution in [-0.4, -0.2) is 20.1 Å². The van der Waals surface area contributed by atoms with Crippen molar-refractivity contribution >= 4 is 11.8 Å². The van der Waals surface area contributed by atoms with E-state index in [0.29, 0.717) is 11.7 Å². The van der Waals surface area contributed by atoms with Crippen LogP contribution in [0.5, 0.6) is 0 Å². The summed E-state index contributed by atoms with van der Waals surface area (Å²) in [5.74, 6) is 1.27. The molecule has 2 aromatic heterocycles. The highest BCUT2D eigenvalue weighted by atomic mass is 32.2. The molecule has 20 heavy (non-hydrogen) atoms. The molecule has 1 unspecified atom stereocenters. The van der Waals surface area contributed by atoms with Gasteiger partial charge in [0.05, 0.1) is 17.1 Å². The average Bonchev–Trinajstić information content (AvgIpc) is 3.09. The number of hydrogen-bond acceptors (Lipinski definition) is 5. The number of nitrogens with one attached hydrogen (secondary N) is 1. The third-order valence-corrected chi connectivity index (χ3v) is 3.80. The zero-order valence-electron chi connectivity index (χ0n) is 11.2. The van der Waals surface area contributed by atoms with Gasteiger partial charge < -0.3 is 9.51 Å². The summed E-state index contributed by atoms with van der Waals surface area (Å²) in [5.41, 5.74) is 2.12. The number of thioether (sulfide) groups is 1. The predicted molar refractivity (Wildman–Crippen MR) is 77.3 cm³/mol. The monoisotopic (exact) mass is 286 g/mol. The first-order chi connectivity index (χ1) is 9.72. The molecule has 0 saturated carbocycles. The first kappa shape index (κ1) is 12.9. The van der Waals surface area contributed by atoms with Crippen LogP contribution in [0.15, 0.2) is 46.2 Å². The van der Waals surface area contributed by atoms with Crippen molar-refractivity contribution in [3.05, 3.63) is 48.2 Å². The molecule has 1 aromatic carbocycles. The zero-order valence-corrected chi connectivity index (χ0v) is 12.0. The molecule has 1 N–H and O–H groups in total. The SMILES string of the molecule is Cc1noc(C(C)Sc2ncc(-c3ccccc3)[nH]2)n1. The third kappa shape index (κ3) is 2.75. The van der Waals surface area contributed by atoms with Crippen LogP contribution >= 0.6 is 11.8 Å². The van der Waals surface area contributed by atoms with E-state index in [1.54, 1.807) is 11.8 Å². The van der Waals surface area contributed by atoms with Gasteiger partial charge in [0.1, 0.15) is 0 Å². The molecule has 102 valence electrons. The molecule has 0 aliphatic rings. The van der Waals surface area contributed by atoms with Gasteiger partial charge >= 0.3 is 0 Å². The van der Waals surface area contributed by atoms with Crippen LogP contribution in [-0.2, 0) is 0 Å². The van der Waals surface area contributed by atoms with E-state index in [-0.39, 0.29) is 5.25 Å². The van der Waals surface area contributed by atoms with Crippen LogP contribution in [0, 0.1) is 6.92 Å². The van der Waals surface area contributed by atoms with Gasteiger partial charge in [0.25, 0.3) is 0 Å². The number of aromatic amines is 1. The Morgan fingerprint density at radius 3 is 2.75 bits per heavy atom. The molecule has 0 radical (unpaired) electrons. The number of rotatable bonds is 4. The second kappa shape index (κ2) is 5.50. The topological polar surface area (TPSA) is 67.6 Å². The summed E-state index contributed by atoms with van der Waals surface area (Å²) in [7, 11) is 0. The van der Waals surface area contributed by atoms with E-state index >= 15 is 0 Å². The molecular formula is C14H14N4OS. The summed E-state index contributed by atoms with van der Waals surface area (Å²) >= 11 is 1.56. The van der Waals surface area contributed by atoms with E-state index < -0.39 is 0 Å². The predicted octanol–water partition coefficient (Wildman–Crippen LogP) is 3.62. The van der Waals surface area contributed by atoms with Crippen LogP contribution in [0.2, 0.25) is 0 Å². The summed E-state index contributed by atoms with van der Waals surface area (Å²) in [6, 6.07) is 10.1. The molecule has 1 atom stereocenters. The van der Waals surface area contributed by atoms with Gasteiger partial charge in [-0.1, -0.05) is 47.3 Å². The van der Waals surface area contributed by atoms with E-state index in [1.807, 2.05) is 50.4 Å². The fraction of sp³-hybridized carbons (Fsp3) is 0.214. The van der Waals surface area contributed by atoms with Crippen molar-refractivity contribution in [3.8, 4) is 11.3 Å². The minimum absolute atomic E-state index is 0.0611. The first-order valence-electron chi connectivity index (χ1n) is 6.29. The van der Waals surface area contributed by atoms with Crippen molar-refractivity contribution in [2.45, 2.75) is 24.3 Å². The van der Waals surface area contributed by atoms with E-state index in [0.717, 1.165) is 16.4 Å². The lowest BCUT2D eigenvalue weighted by molar-refractivity contribution is 0.376. The number of H-pyrrole nitrogens is 1. The lowest BCUT2D eigenvalue weighted by Gasteiger charge is -2.02. The minimum Gasteiger partial charge on any atom is -0.338 e. The molecule has 0 spiro atoms. The molecular weight excluding hydrogens is 272 g/mol.